The number of amides is 3. The molecule has 6 nitrogen and oxygen atoms in total. The normalized spacial score (nSPS) is 19.1. The Balaban J connectivity index is 1.31. The van der Waals surface area contributed by atoms with Crippen LogP contribution in [0.25, 0.3) is 10.9 Å². The summed E-state index contributed by atoms with van der Waals surface area (Å²) in [5.74, 6) is -0.0906. The van der Waals surface area contributed by atoms with Crippen molar-refractivity contribution in [1.29, 1.82) is 0 Å². The summed E-state index contributed by atoms with van der Waals surface area (Å²) in [5.41, 5.74) is 3.62. The summed E-state index contributed by atoms with van der Waals surface area (Å²) in [7, 11) is 0. The molecule has 3 aromatic carbocycles. The van der Waals surface area contributed by atoms with Crippen LogP contribution in [0.5, 0.6) is 0 Å². The Morgan fingerprint density at radius 1 is 0.886 bits per heavy atom. The van der Waals surface area contributed by atoms with Gasteiger partial charge in [0.15, 0.2) is 0 Å². The second kappa shape index (κ2) is 14.0. The number of hydrogen-bond donors (Lipinski definition) is 1. The van der Waals surface area contributed by atoms with E-state index in [4.69, 9.17) is 23.2 Å². The van der Waals surface area contributed by atoms with E-state index in [0.29, 0.717) is 48.0 Å². The zero-order valence-electron chi connectivity index (χ0n) is 24.8. The average molecular weight is 630 g/mol. The van der Waals surface area contributed by atoms with E-state index in [0.717, 1.165) is 47.7 Å². The van der Waals surface area contributed by atoms with Crippen LogP contribution >= 0.6 is 23.2 Å². The average Bonchev–Trinajstić information content (AvgIpc) is 3.04. The van der Waals surface area contributed by atoms with Crippen LogP contribution in [-0.4, -0.2) is 51.4 Å². The number of nitrogens with zero attached hydrogens (tertiary/aromatic N) is 3. The van der Waals surface area contributed by atoms with Gasteiger partial charge in [0.2, 0.25) is 0 Å². The van der Waals surface area contributed by atoms with Gasteiger partial charge in [0, 0.05) is 58.4 Å². The fourth-order valence-corrected chi connectivity index (χ4v) is 7.38. The monoisotopic (exact) mass is 628 g/mol. The molecular weight excluding hydrogens is 591 g/mol. The highest BCUT2D eigenvalue weighted by Gasteiger charge is 2.37. The summed E-state index contributed by atoms with van der Waals surface area (Å²) in [6.07, 6.45) is 9.40. The van der Waals surface area contributed by atoms with Crippen LogP contribution in [0.3, 0.4) is 0 Å². The van der Waals surface area contributed by atoms with Crippen LogP contribution in [0.4, 0.5) is 4.79 Å². The lowest BCUT2D eigenvalue weighted by molar-refractivity contribution is 0.0475. The largest absolute Gasteiger partial charge is 0.335 e. The smallest absolute Gasteiger partial charge is 0.318 e. The van der Waals surface area contributed by atoms with E-state index in [2.05, 4.69) is 28.5 Å². The van der Waals surface area contributed by atoms with Crippen molar-refractivity contribution in [2.24, 2.45) is 0 Å². The second-order valence-corrected chi connectivity index (χ2v) is 13.0. The van der Waals surface area contributed by atoms with Gasteiger partial charge in [0.25, 0.3) is 5.91 Å². The van der Waals surface area contributed by atoms with E-state index >= 15 is 0 Å². The Kier molecular flexibility index (Phi) is 9.68. The molecule has 44 heavy (non-hydrogen) atoms. The zero-order valence-corrected chi connectivity index (χ0v) is 26.3. The number of likely N-dealkylation sites (tertiary alicyclic amines) is 1. The number of fused-ring (bicyclic) bond motifs is 1. The van der Waals surface area contributed by atoms with Crippen molar-refractivity contribution in [2.75, 3.05) is 6.54 Å². The van der Waals surface area contributed by atoms with E-state index in [9.17, 15) is 9.59 Å². The van der Waals surface area contributed by atoms with Gasteiger partial charge in [-0.15, -0.1) is 0 Å². The maximum Gasteiger partial charge on any atom is 0.318 e. The highest BCUT2D eigenvalue weighted by Crippen LogP contribution is 2.30. The molecular formula is C36H38Cl2N4O2. The molecule has 0 radical (unpaired) electrons. The van der Waals surface area contributed by atoms with Gasteiger partial charge in [-0.25, -0.2) is 4.79 Å². The molecule has 2 heterocycles. The zero-order chi connectivity index (χ0) is 30.5. The first-order valence-electron chi connectivity index (χ1n) is 15.7. The van der Waals surface area contributed by atoms with Gasteiger partial charge in [-0.3, -0.25) is 9.78 Å². The molecule has 2 unspecified atom stereocenters. The van der Waals surface area contributed by atoms with E-state index in [-0.39, 0.29) is 30.1 Å². The minimum absolute atomic E-state index is 0.0253. The van der Waals surface area contributed by atoms with Gasteiger partial charge < -0.3 is 15.1 Å². The van der Waals surface area contributed by atoms with E-state index in [1.54, 1.807) is 18.2 Å². The SMILES string of the molecule is O=C(NC1CCCCC1)N(Cc1ccnc2ccccc12)C1CCN(C(=O)c2cc(Cl)cc(Cl)c2)C(Cc2ccccc2)C1. The van der Waals surface area contributed by atoms with Crippen LogP contribution < -0.4 is 5.32 Å². The molecule has 1 aliphatic carbocycles. The summed E-state index contributed by atoms with van der Waals surface area (Å²) in [5, 5.41) is 5.31. The van der Waals surface area contributed by atoms with Gasteiger partial charge in [-0.2, -0.15) is 0 Å². The van der Waals surface area contributed by atoms with Crippen LogP contribution in [0.15, 0.2) is 85.1 Å². The van der Waals surface area contributed by atoms with Crippen molar-refractivity contribution in [3.8, 4) is 0 Å². The molecule has 8 heteroatoms. The number of hydrogen-bond acceptors (Lipinski definition) is 3. The summed E-state index contributed by atoms with van der Waals surface area (Å²) in [4.78, 5) is 36.6. The van der Waals surface area contributed by atoms with Crippen LogP contribution in [0.1, 0.15) is 66.4 Å². The molecule has 0 bridgehead atoms. The number of carbonyl (C=O) groups excluding carboxylic acids is 2. The first-order valence-corrected chi connectivity index (χ1v) is 16.4. The van der Waals surface area contributed by atoms with E-state index in [1.165, 1.54) is 6.42 Å². The molecule has 228 valence electrons. The number of benzene rings is 3. The third kappa shape index (κ3) is 7.19. The quantitative estimate of drug-likeness (QED) is 0.224. The maximum atomic E-state index is 14.1. The maximum absolute atomic E-state index is 14.1. The summed E-state index contributed by atoms with van der Waals surface area (Å²) in [6.45, 7) is 0.998. The fraction of sp³-hybridized carbons (Fsp3) is 0.361. The van der Waals surface area contributed by atoms with Crippen molar-refractivity contribution in [2.45, 2.75) is 76.0 Å². The van der Waals surface area contributed by atoms with Crippen LogP contribution in [-0.2, 0) is 13.0 Å². The molecule has 2 aliphatic rings. The highest BCUT2D eigenvalue weighted by atomic mass is 35.5. The van der Waals surface area contributed by atoms with Crippen molar-refractivity contribution >= 4 is 46.0 Å². The lowest BCUT2D eigenvalue weighted by atomic mass is 9.90. The molecule has 1 aliphatic heterocycles. The molecule has 6 rings (SSSR count). The van der Waals surface area contributed by atoms with Gasteiger partial charge in [0.05, 0.1) is 5.52 Å². The minimum Gasteiger partial charge on any atom is -0.335 e. The van der Waals surface area contributed by atoms with Gasteiger partial charge in [-0.05, 0) is 73.6 Å². The van der Waals surface area contributed by atoms with E-state index in [1.807, 2.05) is 58.5 Å². The van der Waals surface area contributed by atoms with Crippen molar-refractivity contribution in [3.05, 3.63) is 112 Å². The standard InChI is InChI=1S/C36H38Cl2N4O2/c37-28-20-27(21-29(38)22-28)35(43)41-18-16-31(23-32(41)19-25-9-3-1-4-10-25)42(36(44)40-30-11-5-2-6-12-30)24-26-15-17-39-34-14-8-7-13-33(26)34/h1,3-4,7-10,13-15,17,20-22,30-32H,2,5-6,11-12,16,18-19,23-24H2,(H,40,44). The van der Waals surface area contributed by atoms with Gasteiger partial charge in [0.1, 0.15) is 0 Å². The summed E-state index contributed by atoms with van der Waals surface area (Å²) < 4.78 is 0. The van der Waals surface area contributed by atoms with Gasteiger partial charge in [-0.1, -0.05) is 91.0 Å². The summed E-state index contributed by atoms with van der Waals surface area (Å²) >= 11 is 12.6. The fourth-order valence-electron chi connectivity index (χ4n) is 6.85. The number of carbonyl (C=O) groups is 2. The molecule has 1 aromatic heterocycles. The van der Waals surface area contributed by atoms with Crippen molar-refractivity contribution in [1.82, 2.24) is 20.1 Å². The molecule has 1 saturated carbocycles. The Bertz CT molecular complexity index is 1580. The number of nitrogens with one attached hydrogen (secondary N) is 1. The topological polar surface area (TPSA) is 65.5 Å². The molecule has 1 N–H and O–H groups in total. The van der Waals surface area contributed by atoms with Crippen molar-refractivity contribution in [3.63, 3.8) is 0 Å². The first-order chi connectivity index (χ1) is 21.4. The second-order valence-electron chi connectivity index (χ2n) is 12.1. The minimum atomic E-state index is -0.111. The van der Waals surface area contributed by atoms with Gasteiger partial charge >= 0.3 is 6.03 Å². The predicted octanol–water partition coefficient (Wildman–Crippen LogP) is 8.30. The van der Waals surface area contributed by atoms with E-state index < -0.39 is 0 Å². The Morgan fingerprint density at radius 3 is 2.39 bits per heavy atom. The molecule has 3 amide bonds. The predicted molar refractivity (Wildman–Crippen MR) is 177 cm³/mol. The van der Waals surface area contributed by atoms with Crippen molar-refractivity contribution < 1.29 is 9.59 Å². The lowest BCUT2D eigenvalue weighted by Crippen LogP contribution is -2.56. The Labute approximate surface area is 269 Å². The number of piperidine rings is 1. The summed E-state index contributed by atoms with van der Waals surface area (Å²) in [6, 6.07) is 25.4. The molecule has 1 saturated heterocycles. The number of aromatic nitrogens is 1. The number of pyridine rings is 1. The number of halogens is 2. The molecule has 2 fully saturated rings. The Morgan fingerprint density at radius 2 is 1.61 bits per heavy atom. The lowest BCUT2D eigenvalue weighted by Gasteiger charge is -2.44. The van der Waals surface area contributed by atoms with Crippen LogP contribution in [0, 0.1) is 0 Å². The molecule has 4 aromatic rings. The highest BCUT2D eigenvalue weighted by molar-refractivity contribution is 6.35. The van der Waals surface area contributed by atoms with Crippen LogP contribution in [0.2, 0.25) is 10.0 Å². The first kappa shape index (κ1) is 30.4. The third-order valence-corrected chi connectivity index (χ3v) is 9.52. The third-order valence-electron chi connectivity index (χ3n) is 9.09. The number of urea groups is 1. The number of para-hydroxylation sites is 1. The molecule has 2 atom stereocenters. The molecule has 0 spiro atoms. The Hall–Kier alpha value is -3.61. The number of rotatable bonds is 7.